The molecule has 42 heavy (non-hydrogen) atoms. The molecule has 1 saturated heterocycles. The second-order valence-corrected chi connectivity index (χ2v) is 11.8. The highest BCUT2D eigenvalue weighted by atomic mass is 35.5. The van der Waals surface area contributed by atoms with E-state index in [1.165, 1.54) is 41.5 Å². The topological polar surface area (TPSA) is 193 Å². The first kappa shape index (κ1) is 30.9. The molecular weight excluding hydrogens is 616 g/mol. The zero-order valence-corrected chi connectivity index (χ0v) is 24.7. The van der Waals surface area contributed by atoms with E-state index in [1.54, 1.807) is 20.8 Å². The minimum absolute atomic E-state index is 0.0833. The van der Waals surface area contributed by atoms with Crippen molar-refractivity contribution in [1.29, 1.82) is 0 Å². The molecule has 1 aromatic carbocycles. The number of carbonyl (C=O) groups is 4. The average molecular weight is 639 g/mol. The summed E-state index contributed by atoms with van der Waals surface area (Å²) in [4.78, 5) is 71.4. The number of fused-ring (bicyclic) bond motifs is 1. The van der Waals surface area contributed by atoms with Crippen LogP contribution in [-0.2, 0) is 40.1 Å². The van der Waals surface area contributed by atoms with Crippen LogP contribution < -0.4 is 5.32 Å². The number of thioether (sulfide) groups is 1. The molecule has 0 radical (unpaired) electrons. The van der Waals surface area contributed by atoms with Crippen molar-refractivity contribution in [3.05, 3.63) is 62.0 Å². The van der Waals surface area contributed by atoms with Gasteiger partial charge in [-0.2, -0.15) is 4.37 Å². The molecule has 15 nitrogen and oxygen atoms in total. The first-order chi connectivity index (χ1) is 19.9. The lowest BCUT2D eigenvalue weighted by Gasteiger charge is -2.49. The van der Waals surface area contributed by atoms with Crippen LogP contribution in [0.25, 0.3) is 0 Å². The minimum Gasteiger partial charge on any atom is -0.457 e. The highest BCUT2D eigenvalue weighted by Crippen LogP contribution is 2.41. The fraction of sp³-hybridized carbons (Fsp3) is 0.375. The molecule has 222 valence electrons. The summed E-state index contributed by atoms with van der Waals surface area (Å²) in [7, 11) is 0. The van der Waals surface area contributed by atoms with Crippen molar-refractivity contribution < 1.29 is 38.4 Å². The number of aromatic nitrogens is 2. The number of nitrogens with one attached hydrogen (secondary N) is 1. The maximum absolute atomic E-state index is 13.1. The number of nitrogens with zero attached hydrogens (tertiary/aromatic N) is 5. The molecule has 0 aliphatic carbocycles. The van der Waals surface area contributed by atoms with Gasteiger partial charge in [-0.15, -0.1) is 11.8 Å². The van der Waals surface area contributed by atoms with Gasteiger partial charge in [0, 0.05) is 17.9 Å². The molecule has 2 amide bonds. The van der Waals surface area contributed by atoms with Crippen molar-refractivity contribution in [3.63, 3.8) is 0 Å². The minimum atomic E-state index is -1.06. The summed E-state index contributed by atoms with van der Waals surface area (Å²) >= 11 is 8.45. The fourth-order valence-electron chi connectivity index (χ4n) is 3.69. The van der Waals surface area contributed by atoms with E-state index in [2.05, 4.69) is 19.8 Å². The number of nitro groups is 1. The molecule has 1 fully saturated rings. The number of non-ortho nitro benzene ring substituents is 1. The van der Waals surface area contributed by atoms with E-state index in [0.29, 0.717) is 5.56 Å². The molecular formula is C24H23ClN6O9S2. The Morgan fingerprint density at radius 2 is 1.98 bits per heavy atom. The first-order valence-corrected chi connectivity index (χ1v) is 14.3. The van der Waals surface area contributed by atoms with Crippen molar-refractivity contribution in [3.8, 4) is 0 Å². The number of nitro benzene ring substituents is 1. The lowest BCUT2D eigenvalue weighted by molar-refractivity contribution is -0.384. The third-order valence-electron chi connectivity index (χ3n) is 5.47. The van der Waals surface area contributed by atoms with Gasteiger partial charge in [-0.25, -0.2) is 14.6 Å². The molecule has 2 aliphatic rings. The summed E-state index contributed by atoms with van der Waals surface area (Å²) in [5.74, 6) is -2.97. The monoisotopic (exact) mass is 638 g/mol. The summed E-state index contributed by atoms with van der Waals surface area (Å²) in [6.07, 6.45) is 0. The number of amides is 2. The largest absolute Gasteiger partial charge is 0.457 e. The van der Waals surface area contributed by atoms with E-state index in [1.807, 2.05) is 0 Å². The van der Waals surface area contributed by atoms with Crippen LogP contribution in [0.3, 0.4) is 0 Å². The van der Waals surface area contributed by atoms with Crippen LogP contribution in [0, 0.1) is 10.1 Å². The number of hydrogen-bond acceptors (Lipinski definition) is 14. The number of carbonyl (C=O) groups excluding carboxylic acids is 4. The summed E-state index contributed by atoms with van der Waals surface area (Å²) in [5.41, 5.74) is 0.458. The Labute approximate surface area is 251 Å². The van der Waals surface area contributed by atoms with Crippen molar-refractivity contribution in [1.82, 2.24) is 19.6 Å². The third kappa shape index (κ3) is 7.21. The number of benzene rings is 1. The van der Waals surface area contributed by atoms with Crippen LogP contribution in [0.15, 0.2) is 45.7 Å². The summed E-state index contributed by atoms with van der Waals surface area (Å²) in [6.45, 7) is 4.25. The lowest BCUT2D eigenvalue weighted by atomic mass is 10.0. The third-order valence-corrected chi connectivity index (χ3v) is 7.69. The number of hydrogen-bond donors (Lipinski definition) is 1. The summed E-state index contributed by atoms with van der Waals surface area (Å²) < 4.78 is 14.4. The molecule has 0 saturated carbocycles. The standard InChI is InChI=1S/C24H23ClN6O9S2/c1-24(2,3)40-15(32)9-39-28-16(19-26-11-42-29-19)20(33)27-17-21(34)30-18(14(25)10-41-22(17)30)23(35)38-8-12-4-6-13(7-5-12)31(36)37/h4-7,11,17,22H,8-10H2,1-3H3,(H,27,33)/t17?,22-/m0/s1. The van der Waals surface area contributed by atoms with E-state index < -0.39 is 52.3 Å². The molecule has 1 unspecified atom stereocenters. The van der Waals surface area contributed by atoms with Gasteiger partial charge in [-0.1, -0.05) is 16.8 Å². The first-order valence-electron chi connectivity index (χ1n) is 12.1. The van der Waals surface area contributed by atoms with E-state index >= 15 is 0 Å². The second kappa shape index (κ2) is 12.8. The highest BCUT2D eigenvalue weighted by Gasteiger charge is 2.54. The predicted molar refractivity (Wildman–Crippen MR) is 149 cm³/mol. The number of rotatable bonds is 10. The van der Waals surface area contributed by atoms with Crippen molar-refractivity contribution >= 4 is 70.0 Å². The van der Waals surface area contributed by atoms with Crippen molar-refractivity contribution in [2.24, 2.45) is 5.16 Å². The van der Waals surface area contributed by atoms with Crippen LogP contribution in [0.5, 0.6) is 0 Å². The van der Waals surface area contributed by atoms with Crippen molar-refractivity contribution in [2.75, 3.05) is 12.4 Å². The number of halogens is 1. The normalized spacial score (nSPS) is 18.5. The zero-order valence-electron chi connectivity index (χ0n) is 22.3. The van der Waals surface area contributed by atoms with Gasteiger partial charge in [0.1, 0.15) is 34.8 Å². The molecule has 2 atom stereocenters. The van der Waals surface area contributed by atoms with Gasteiger partial charge >= 0.3 is 11.9 Å². The molecule has 4 rings (SSSR count). The average Bonchev–Trinajstić information content (AvgIpc) is 3.46. The van der Waals surface area contributed by atoms with Crippen LogP contribution in [-0.4, -0.2) is 78.0 Å². The Morgan fingerprint density at radius 3 is 2.60 bits per heavy atom. The van der Waals surface area contributed by atoms with Crippen LogP contribution in [0.1, 0.15) is 32.2 Å². The molecule has 1 aromatic heterocycles. The molecule has 2 aromatic rings. The second-order valence-electron chi connectivity index (χ2n) is 9.67. The predicted octanol–water partition coefficient (Wildman–Crippen LogP) is 2.10. The van der Waals surface area contributed by atoms with E-state index in [0.717, 1.165) is 16.4 Å². The molecule has 0 spiro atoms. The zero-order chi connectivity index (χ0) is 30.6. The quantitative estimate of drug-likeness (QED) is 0.131. The highest BCUT2D eigenvalue weighted by molar-refractivity contribution is 8.00. The van der Waals surface area contributed by atoms with E-state index in [9.17, 15) is 29.3 Å². The smallest absolute Gasteiger partial charge is 0.356 e. The van der Waals surface area contributed by atoms with E-state index in [4.69, 9.17) is 25.9 Å². The van der Waals surface area contributed by atoms with Gasteiger partial charge in [0.15, 0.2) is 0 Å². The lowest BCUT2D eigenvalue weighted by Crippen LogP contribution is -2.71. The number of oxime groups is 1. The van der Waals surface area contributed by atoms with Gasteiger partial charge in [-0.3, -0.25) is 24.6 Å². The van der Waals surface area contributed by atoms with Gasteiger partial charge in [0.2, 0.25) is 18.1 Å². The number of esters is 2. The Morgan fingerprint density at radius 1 is 1.26 bits per heavy atom. The summed E-state index contributed by atoms with van der Waals surface area (Å²) in [5, 5.41) is 16.5. The van der Waals surface area contributed by atoms with Gasteiger partial charge in [-0.05, 0) is 50.0 Å². The van der Waals surface area contributed by atoms with Crippen LogP contribution in [0.2, 0.25) is 0 Å². The van der Waals surface area contributed by atoms with Crippen LogP contribution in [0.4, 0.5) is 5.69 Å². The molecule has 3 heterocycles. The van der Waals surface area contributed by atoms with Gasteiger partial charge in [0.05, 0.1) is 9.96 Å². The van der Waals surface area contributed by atoms with Gasteiger partial charge in [0.25, 0.3) is 17.5 Å². The van der Waals surface area contributed by atoms with Crippen LogP contribution >= 0.6 is 34.9 Å². The Balaban J connectivity index is 1.40. The number of β-lactam (4-membered cyclic amide) rings is 1. The molecule has 1 N–H and O–H groups in total. The SMILES string of the molecule is CC(C)(C)OC(=O)CON=C(C(=O)NC1C(=O)N2C(C(=O)OCc3ccc([N+](=O)[O-])cc3)=C(Cl)CS[C@@H]12)c1ncsn1. The Bertz CT molecular complexity index is 1460. The number of ether oxygens (including phenoxy) is 2. The molecule has 2 aliphatic heterocycles. The molecule has 0 bridgehead atoms. The Hall–Kier alpha value is -4.09. The Kier molecular flexibility index (Phi) is 9.43. The van der Waals surface area contributed by atoms with Gasteiger partial charge < -0.3 is 19.6 Å². The summed E-state index contributed by atoms with van der Waals surface area (Å²) in [6, 6.07) is 4.37. The molecule has 18 heteroatoms. The maximum atomic E-state index is 13.1. The maximum Gasteiger partial charge on any atom is 0.356 e. The van der Waals surface area contributed by atoms with E-state index in [-0.39, 0.29) is 40.3 Å². The van der Waals surface area contributed by atoms with Crippen molar-refractivity contribution in [2.45, 2.75) is 44.4 Å². The fourth-order valence-corrected chi connectivity index (χ4v) is 5.67.